The molecule has 0 aliphatic carbocycles. The van der Waals surface area contributed by atoms with E-state index in [0.29, 0.717) is 48.5 Å². The number of hydrogen-bond acceptors (Lipinski definition) is 4. The van der Waals surface area contributed by atoms with Crippen molar-refractivity contribution in [3.63, 3.8) is 0 Å². The SMILES string of the molecule is O=C(c1ccccn1)C1CCCN(C(=O)CCc2nc3ccc(F)cc3[nH]2)C1. The molecule has 2 aromatic heterocycles. The molecule has 0 saturated carbocycles. The average molecular weight is 380 g/mol. The Balaban J connectivity index is 1.36. The Labute approximate surface area is 161 Å². The predicted molar refractivity (Wildman–Crippen MR) is 102 cm³/mol. The summed E-state index contributed by atoms with van der Waals surface area (Å²) < 4.78 is 13.3. The second-order valence-electron chi connectivity index (χ2n) is 7.10. The number of carbonyl (C=O) groups is 2. The number of aromatic amines is 1. The highest BCUT2D eigenvalue weighted by Gasteiger charge is 2.29. The van der Waals surface area contributed by atoms with Gasteiger partial charge in [0.25, 0.3) is 0 Å². The number of ketones is 1. The molecule has 1 amide bonds. The highest BCUT2D eigenvalue weighted by atomic mass is 19.1. The monoisotopic (exact) mass is 380 g/mol. The molecule has 6 nitrogen and oxygen atoms in total. The van der Waals surface area contributed by atoms with E-state index in [0.717, 1.165) is 12.8 Å². The molecule has 0 spiro atoms. The molecule has 1 N–H and O–H groups in total. The number of aromatic nitrogens is 3. The number of imidazole rings is 1. The Hall–Kier alpha value is -3.09. The quantitative estimate of drug-likeness (QED) is 0.690. The second kappa shape index (κ2) is 7.88. The van der Waals surface area contributed by atoms with Crippen LogP contribution in [-0.2, 0) is 11.2 Å². The molecule has 1 atom stereocenters. The molecule has 4 rings (SSSR count). The lowest BCUT2D eigenvalue weighted by Crippen LogP contribution is -2.42. The molecule has 3 aromatic rings. The van der Waals surface area contributed by atoms with Crippen molar-refractivity contribution in [1.29, 1.82) is 0 Å². The van der Waals surface area contributed by atoms with Crippen LogP contribution in [0.4, 0.5) is 4.39 Å². The zero-order valence-electron chi connectivity index (χ0n) is 15.4. The molecule has 1 aliphatic heterocycles. The van der Waals surface area contributed by atoms with Crippen LogP contribution in [0.15, 0.2) is 42.6 Å². The van der Waals surface area contributed by atoms with Gasteiger partial charge in [0.15, 0.2) is 5.78 Å². The summed E-state index contributed by atoms with van der Waals surface area (Å²) in [6, 6.07) is 9.67. The van der Waals surface area contributed by atoms with Gasteiger partial charge in [-0.3, -0.25) is 14.6 Å². The largest absolute Gasteiger partial charge is 0.342 e. The van der Waals surface area contributed by atoms with Gasteiger partial charge in [-0.05, 0) is 43.2 Å². The number of Topliss-reactive ketones (excluding diaryl/α,β-unsaturated/α-hetero) is 1. The number of halogens is 1. The summed E-state index contributed by atoms with van der Waals surface area (Å²) in [5.41, 5.74) is 1.76. The van der Waals surface area contributed by atoms with Gasteiger partial charge in [0.2, 0.25) is 5.91 Å². The van der Waals surface area contributed by atoms with Crippen LogP contribution in [0, 0.1) is 11.7 Å². The van der Waals surface area contributed by atoms with Crippen LogP contribution < -0.4 is 0 Å². The van der Waals surface area contributed by atoms with Gasteiger partial charge in [-0.1, -0.05) is 6.07 Å². The normalized spacial score (nSPS) is 17.0. The Morgan fingerprint density at radius 1 is 1.25 bits per heavy atom. The molecule has 7 heteroatoms. The van der Waals surface area contributed by atoms with Crippen LogP contribution in [0.2, 0.25) is 0 Å². The van der Waals surface area contributed by atoms with Gasteiger partial charge in [0, 0.05) is 38.0 Å². The molecule has 1 unspecified atom stereocenters. The summed E-state index contributed by atoms with van der Waals surface area (Å²) in [5.74, 6) is 0.132. The Bertz CT molecular complexity index is 1000. The van der Waals surface area contributed by atoms with Gasteiger partial charge in [-0.2, -0.15) is 0 Å². The van der Waals surface area contributed by atoms with Crippen molar-refractivity contribution in [2.45, 2.75) is 25.7 Å². The topological polar surface area (TPSA) is 79.0 Å². The summed E-state index contributed by atoms with van der Waals surface area (Å²) in [6.45, 7) is 1.09. The minimum Gasteiger partial charge on any atom is -0.342 e. The molecular weight excluding hydrogens is 359 g/mol. The maximum atomic E-state index is 13.3. The molecule has 1 fully saturated rings. The zero-order chi connectivity index (χ0) is 19.5. The third-order valence-electron chi connectivity index (χ3n) is 5.13. The third kappa shape index (κ3) is 3.93. The maximum Gasteiger partial charge on any atom is 0.223 e. The van der Waals surface area contributed by atoms with Crippen LogP contribution in [0.3, 0.4) is 0 Å². The van der Waals surface area contributed by atoms with Crippen molar-refractivity contribution in [3.05, 3.63) is 59.9 Å². The lowest BCUT2D eigenvalue weighted by molar-refractivity contribution is -0.132. The van der Waals surface area contributed by atoms with E-state index in [1.165, 1.54) is 12.1 Å². The van der Waals surface area contributed by atoms with Gasteiger partial charge in [-0.15, -0.1) is 0 Å². The molecule has 28 heavy (non-hydrogen) atoms. The summed E-state index contributed by atoms with van der Waals surface area (Å²) in [4.78, 5) is 38.6. The third-order valence-corrected chi connectivity index (χ3v) is 5.13. The summed E-state index contributed by atoms with van der Waals surface area (Å²) in [6.07, 6.45) is 3.93. The number of benzene rings is 1. The van der Waals surface area contributed by atoms with Crippen LogP contribution >= 0.6 is 0 Å². The first-order chi connectivity index (χ1) is 13.6. The van der Waals surface area contributed by atoms with Gasteiger partial charge < -0.3 is 9.88 Å². The minimum absolute atomic E-state index is 0.00240. The van der Waals surface area contributed by atoms with Crippen LogP contribution in [0.5, 0.6) is 0 Å². The molecule has 1 aromatic carbocycles. The fourth-order valence-electron chi connectivity index (χ4n) is 3.67. The number of H-pyrrole nitrogens is 1. The van der Waals surface area contributed by atoms with E-state index in [-0.39, 0.29) is 23.4 Å². The fraction of sp³-hybridized carbons (Fsp3) is 0.333. The number of piperidine rings is 1. The highest BCUT2D eigenvalue weighted by Crippen LogP contribution is 2.21. The van der Waals surface area contributed by atoms with E-state index < -0.39 is 0 Å². The Kier molecular flexibility index (Phi) is 5.14. The van der Waals surface area contributed by atoms with Gasteiger partial charge in [-0.25, -0.2) is 9.37 Å². The second-order valence-corrected chi connectivity index (χ2v) is 7.10. The van der Waals surface area contributed by atoms with Crippen molar-refractivity contribution in [2.24, 2.45) is 5.92 Å². The lowest BCUT2D eigenvalue weighted by Gasteiger charge is -2.32. The summed E-state index contributed by atoms with van der Waals surface area (Å²) in [5, 5.41) is 0. The predicted octanol–water partition coefficient (Wildman–Crippen LogP) is 3.15. The lowest BCUT2D eigenvalue weighted by atomic mass is 9.91. The standard InChI is InChI=1S/C21H21FN4O2/c22-15-6-7-16-18(12-15)25-19(24-16)8-9-20(27)26-11-3-4-14(13-26)21(28)17-5-1-2-10-23-17/h1-2,5-7,10,12,14H,3-4,8-9,11,13H2,(H,24,25). The van der Waals surface area contributed by atoms with Crippen molar-refractivity contribution in [3.8, 4) is 0 Å². The van der Waals surface area contributed by atoms with Crippen LogP contribution in [0.25, 0.3) is 11.0 Å². The average Bonchev–Trinajstić information content (AvgIpc) is 3.14. The van der Waals surface area contributed by atoms with Crippen molar-refractivity contribution < 1.29 is 14.0 Å². The first-order valence-electron chi connectivity index (χ1n) is 9.47. The van der Waals surface area contributed by atoms with E-state index in [4.69, 9.17) is 0 Å². The van der Waals surface area contributed by atoms with Gasteiger partial charge in [0.05, 0.1) is 11.0 Å². The molecule has 0 bridgehead atoms. The molecule has 3 heterocycles. The maximum absolute atomic E-state index is 13.3. The Morgan fingerprint density at radius 2 is 2.14 bits per heavy atom. The number of carbonyl (C=O) groups excluding carboxylic acids is 2. The number of likely N-dealkylation sites (tertiary alicyclic amines) is 1. The zero-order valence-corrected chi connectivity index (χ0v) is 15.4. The van der Waals surface area contributed by atoms with Crippen molar-refractivity contribution in [2.75, 3.05) is 13.1 Å². The number of pyridine rings is 1. The number of nitrogens with zero attached hydrogens (tertiary/aromatic N) is 3. The van der Waals surface area contributed by atoms with Crippen LogP contribution in [-0.4, -0.2) is 44.6 Å². The Morgan fingerprint density at radius 3 is 2.96 bits per heavy atom. The van der Waals surface area contributed by atoms with Crippen molar-refractivity contribution in [1.82, 2.24) is 19.9 Å². The fourth-order valence-corrected chi connectivity index (χ4v) is 3.67. The highest BCUT2D eigenvalue weighted by molar-refractivity contribution is 5.96. The van der Waals surface area contributed by atoms with E-state index in [9.17, 15) is 14.0 Å². The number of fused-ring (bicyclic) bond motifs is 1. The molecule has 144 valence electrons. The van der Waals surface area contributed by atoms with E-state index in [1.54, 1.807) is 35.4 Å². The molecule has 1 saturated heterocycles. The summed E-state index contributed by atoms with van der Waals surface area (Å²) >= 11 is 0. The minimum atomic E-state index is -0.323. The van der Waals surface area contributed by atoms with E-state index in [1.807, 2.05) is 0 Å². The smallest absolute Gasteiger partial charge is 0.223 e. The van der Waals surface area contributed by atoms with Crippen molar-refractivity contribution >= 4 is 22.7 Å². The van der Waals surface area contributed by atoms with Gasteiger partial charge >= 0.3 is 0 Å². The number of aryl methyl sites for hydroxylation is 1. The number of nitrogens with one attached hydrogen (secondary N) is 1. The molecule has 0 radical (unpaired) electrons. The molecular formula is C21H21FN4O2. The number of amides is 1. The molecule has 1 aliphatic rings. The summed E-state index contributed by atoms with van der Waals surface area (Å²) in [7, 11) is 0. The first-order valence-corrected chi connectivity index (χ1v) is 9.47. The number of hydrogen-bond donors (Lipinski definition) is 1. The first kappa shape index (κ1) is 18.3. The van der Waals surface area contributed by atoms with E-state index >= 15 is 0 Å². The van der Waals surface area contributed by atoms with E-state index in [2.05, 4.69) is 15.0 Å². The number of rotatable bonds is 5. The van der Waals surface area contributed by atoms with Gasteiger partial charge in [0.1, 0.15) is 17.3 Å². The van der Waals surface area contributed by atoms with Crippen LogP contribution in [0.1, 0.15) is 35.6 Å².